The Balaban J connectivity index is 2.98. The molecule has 0 aromatic heterocycles. The van der Waals surface area contributed by atoms with Crippen LogP contribution in [0.15, 0.2) is 18.2 Å². The largest absolute Gasteiger partial charge is 0.417 e. The molecule has 0 saturated heterocycles. The molecule has 20 heavy (non-hydrogen) atoms. The summed E-state index contributed by atoms with van der Waals surface area (Å²) in [4.78, 5) is -0.267. The van der Waals surface area contributed by atoms with Crippen LogP contribution in [-0.4, -0.2) is 24.7 Å². The fourth-order valence-electron chi connectivity index (χ4n) is 1.73. The third-order valence-electron chi connectivity index (χ3n) is 2.76. The molecule has 0 spiro atoms. The van der Waals surface area contributed by atoms with Crippen molar-refractivity contribution in [2.75, 3.05) is 19.0 Å². The van der Waals surface area contributed by atoms with Gasteiger partial charge in [-0.1, -0.05) is 12.2 Å². The molecule has 0 heterocycles. The molecule has 0 bridgehead atoms. The van der Waals surface area contributed by atoms with Gasteiger partial charge in [0.1, 0.15) is 4.99 Å². The van der Waals surface area contributed by atoms with Crippen molar-refractivity contribution in [3.63, 3.8) is 0 Å². The number of halogens is 3. The molecule has 1 unspecified atom stereocenters. The zero-order chi connectivity index (χ0) is 15.3. The molecule has 0 aliphatic rings. The second-order valence-electron chi connectivity index (χ2n) is 4.45. The summed E-state index contributed by atoms with van der Waals surface area (Å²) >= 11 is 4.65. The smallest absolute Gasteiger partial charge is 0.389 e. The summed E-state index contributed by atoms with van der Waals surface area (Å²) in [5, 5.41) is 2.99. The molecule has 0 radical (unpaired) electrons. The second-order valence-corrected chi connectivity index (χ2v) is 4.89. The average Bonchev–Trinajstić information content (AvgIpc) is 2.35. The van der Waals surface area contributed by atoms with Crippen molar-refractivity contribution in [2.45, 2.75) is 25.6 Å². The van der Waals surface area contributed by atoms with Crippen molar-refractivity contribution >= 4 is 22.9 Å². The molecule has 1 aromatic rings. The van der Waals surface area contributed by atoms with E-state index < -0.39 is 11.7 Å². The van der Waals surface area contributed by atoms with Gasteiger partial charge in [-0.05, 0) is 31.5 Å². The van der Waals surface area contributed by atoms with Crippen molar-refractivity contribution in [3.8, 4) is 0 Å². The van der Waals surface area contributed by atoms with Crippen molar-refractivity contribution < 1.29 is 17.9 Å². The quantitative estimate of drug-likeness (QED) is 0.793. The van der Waals surface area contributed by atoms with Gasteiger partial charge in [0, 0.05) is 31.0 Å². The van der Waals surface area contributed by atoms with Crippen LogP contribution in [0.2, 0.25) is 0 Å². The molecule has 1 aromatic carbocycles. The Kier molecular flexibility index (Phi) is 5.76. The van der Waals surface area contributed by atoms with Crippen LogP contribution in [-0.2, 0) is 10.9 Å². The fourth-order valence-corrected chi connectivity index (χ4v) is 1.91. The van der Waals surface area contributed by atoms with Crippen molar-refractivity contribution in [1.29, 1.82) is 0 Å². The molecule has 3 nitrogen and oxygen atoms in total. The summed E-state index contributed by atoms with van der Waals surface area (Å²) in [6, 6.07) is 3.84. The highest BCUT2D eigenvalue weighted by molar-refractivity contribution is 7.80. The van der Waals surface area contributed by atoms with Gasteiger partial charge in [0.2, 0.25) is 0 Å². The Hall–Kier alpha value is -1.34. The van der Waals surface area contributed by atoms with E-state index in [1.54, 1.807) is 7.11 Å². The minimum absolute atomic E-state index is 0.00767. The standard InChI is InChI=1S/C13H17F3N2OS/c1-8(5-6-19-2)18-9-3-4-10(12(17)20)11(7-9)13(14,15)16/h3-4,7-8,18H,5-6H2,1-2H3,(H2,17,20). The van der Waals surface area contributed by atoms with E-state index in [-0.39, 0.29) is 16.6 Å². The summed E-state index contributed by atoms with van der Waals surface area (Å²) in [6.45, 7) is 2.40. The maximum absolute atomic E-state index is 13.0. The van der Waals surface area contributed by atoms with E-state index in [0.29, 0.717) is 18.7 Å². The summed E-state index contributed by atoms with van der Waals surface area (Å²) in [7, 11) is 1.57. The zero-order valence-corrected chi connectivity index (χ0v) is 12.1. The summed E-state index contributed by atoms with van der Waals surface area (Å²) in [5.41, 5.74) is 4.71. The number of rotatable bonds is 6. The van der Waals surface area contributed by atoms with Gasteiger partial charge in [0.05, 0.1) is 5.56 Å². The van der Waals surface area contributed by atoms with Gasteiger partial charge in [-0.15, -0.1) is 0 Å². The van der Waals surface area contributed by atoms with Crippen LogP contribution < -0.4 is 11.1 Å². The predicted molar refractivity (Wildman–Crippen MR) is 76.9 cm³/mol. The van der Waals surface area contributed by atoms with E-state index in [2.05, 4.69) is 17.5 Å². The number of alkyl halides is 3. The summed E-state index contributed by atoms with van der Waals surface area (Å²) in [6.07, 6.45) is -3.80. The topological polar surface area (TPSA) is 47.3 Å². The lowest BCUT2D eigenvalue weighted by atomic mass is 10.1. The van der Waals surface area contributed by atoms with E-state index in [4.69, 9.17) is 10.5 Å². The van der Waals surface area contributed by atoms with Gasteiger partial charge < -0.3 is 15.8 Å². The minimum Gasteiger partial charge on any atom is -0.389 e. The number of hydrogen-bond donors (Lipinski definition) is 2. The number of nitrogens with two attached hydrogens (primary N) is 1. The third-order valence-corrected chi connectivity index (χ3v) is 2.98. The highest BCUT2D eigenvalue weighted by atomic mass is 32.1. The van der Waals surface area contributed by atoms with Crippen LogP contribution in [0.1, 0.15) is 24.5 Å². The first-order chi connectivity index (χ1) is 9.25. The Morgan fingerprint density at radius 1 is 1.45 bits per heavy atom. The molecular weight excluding hydrogens is 289 g/mol. The molecule has 1 rings (SSSR count). The average molecular weight is 306 g/mol. The summed E-state index contributed by atoms with van der Waals surface area (Å²) < 4.78 is 43.8. The predicted octanol–water partition coefficient (Wildman–Crippen LogP) is 3.18. The molecular formula is C13H17F3N2OS. The molecule has 1 atom stereocenters. The Morgan fingerprint density at radius 3 is 2.60 bits per heavy atom. The van der Waals surface area contributed by atoms with Crippen LogP contribution in [0.3, 0.4) is 0 Å². The highest BCUT2D eigenvalue weighted by Crippen LogP contribution is 2.34. The third kappa shape index (κ3) is 4.64. The molecule has 0 aliphatic heterocycles. The van der Waals surface area contributed by atoms with Gasteiger partial charge in [-0.3, -0.25) is 0 Å². The number of anilines is 1. The van der Waals surface area contributed by atoms with Gasteiger partial charge in [-0.2, -0.15) is 13.2 Å². The lowest BCUT2D eigenvalue weighted by Crippen LogP contribution is -2.20. The number of thiocarbonyl (C=S) groups is 1. The first kappa shape index (κ1) is 16.7. The van der Waals surface area contributed by atoms with E-state index in [9.17, 15) is 13.2 Å². The number of methoxy groups -OCH3 is 1. The Morgan fingerprint density at radius 2 is 2.10 bits per heavy atom. The fraction of sp³-hybridized carbons (Fsp3) is 0.462. The molecule has 0 amide bonds. The van der Waals surface area contributed by atoms with Gasteiger partial charge in [0.15, 0.2) is 0 Å². The van der Waals surface area contributed by atoms with E-state index in [0.717, 1.165) is 6.07 Å². The maximum atomic E-state index is 13.0. The first-order valence-electron chi connectivity index (χ1n) is 6.02. The Bertz CT molecular complexity index is 477. The van der Waals surface area contributed by atoms with Gasteiger partial charge in [0.25, 0.3) is 0 Å². The van der Waals surface area contributed by atoms with E-state index in [1.807, 2.05) is 6.92 Å². The Labute approximate surface area is 121 Å². The molecule has 0 fully saturated rings. The molecule has 0 saturated carbocycles. The van der Waals surface area contributed by atoms with E-state index >= 15 is 0 Å². The number of nitrogens with one attached hydrogen (secondary N) is 1. The van der Waals surface area contributed by atoms with Crippen LogP contribution in [0.5, 0.6) is 0 Å². The number of benzene rings is 1. The van der Waals surface area contributed by atoms with Crippen LogP contribution in [0.4, 0.5) is 18.9 Å². The van der Waals surface area contributed by atoms with E-state index in [1.165, 1.54) is 12.1 Å². The molecule has 3 N–H and O–H groups in total. The SMILES string of the molecule is COCCC(C)Nc1ccc(C(N)=S)c(C(F)(F)F)c1. The highest BCUT2D eigenvalue weighted by Gasteiger charge is 2.34. The molecule has 0 aliphatic carbocycles. The van der Waals surface area contributed by atoms with Crippen LogP contribution in [0.25, 0.3) is 0 Å². The van der Waals surface area contributed by atoms with Crippen LogP contribution >= 0.6 is 12.2 Å². The summed E-state index contributed by atoms with van der Waals surface area (Å²) in [5.74, 6) is 0. The number of ether oxygens (including phenoxy) is 1. The normalized spacial score (nSPS) is 13.1. The molecule has 7 heteroatoms. The minimum atomic E-state index is -4.49. The van der Waals surface area contributed by atoms with Crippen molar-refractivity contribution in [2.24, 2.45) is 5.73 Å². The second kappa shape index (κ2) is 6.90. The first-order valence-corrected chi connectivity index (χ1v) is 6.43. The van der Waals surface area contributed by atoms with Crippen molar-refractivity contribution in [1.82, 2.24) is 0 Å². The van der Waals surface area contributed by atoms with Gasteiger partial charge in [-0.25, -0.2) is 0 Å². The lowest BCUT2D eigenvalue weighted by molar-refractivity contribution is -0.137. The molecule has 112 valence electrons. The lowest BCUT2D eigenvalue weighted by Gasteiger charge is -2.18. The zero-order valence-electron chi connectivity index (χ0n) is 11.3. The van der Waals surface area contributed by atoms with Gasteiger partial charge >= 0.3 is 6.18 Å². The monoisotopic (exact) mass is 306 g/mol. The van der Waals surface area contributed by atoms with Crippen LogP contribution in [0, 0.1) is 0 Å². The number of hydrogen-bond acceptors (Lipinski definition) is 3. The van der Waals surface area contributed by atoms with Crippen molar-refractivity contribution in [3.05, 3.63) is 29.3 Å². The maximum Gasteiger partial charge on any atom is 0.417 e.